The number of methoxy groups -OCH3 is 2. The second kappa shape index (κ2) is 11.0. The lowest BCUT2D eigenvalue weighted by atomic mass is 9.93. The Morgan fingerprint density at radius 2 is 1.68 bits per heavy atom. The van der Waals surface area contributed by atoms with Gasteiger partial charge >= 0.3 is 6.03 Å². The van der Waals surface area contributed by atoms with Gasteiger partial charge in [-0.05, 0) is 42.7 Å². The Morgan fingerprint density at radius 1 is 1.05 bits per heavy atom. The molecule has 2 heterocycles. The topological polar surface area (TPSA) is 104 Å². The molecule has 1 N–H and O–H groups in total. The van der Waals surface area contributed by atoms with E-state index in [-0.39, 0.29) is 12.1 Å². The summed E-state index contributed by atoms with van der Waals surface area (Å²) in [5.41, 5.74) is 4.45. The van der Waals surface area contributed by atoms with E-state index >= 15 is 0 Å². The van der Waals surface area contributed by atoms with Gasteiger partial charge in [0.05, 0.1) is 32.2 Å². The minimum Gasteiger partial charge on any atom is -0.493 e. The number of rotatable bonds is 6. The maximum atomic E-state index is 12.8. The maximum Gasteiger partial charge on any atom is 0.337 e. The van der Waals surface area contributed by atoms with Gasteiger partial charge in [-0.25, -0.2) is 18.2 Å². The summed E-state index contributed by atoms with van der Waals surface area (Å²) < 4.78 is 36.3. The van der Waals surface area contributed by atoms with E-state index in [2.05, 4.69) is 10.2 Å². The van der Waals surface area contributed by atoms with Crippen molar-refractivity contribution in [2.24, 2.45) is 5.10 Å². The van der Waals surface area contributed by atoms with Crippen LogP contribution in [0.1, 0.15) is 30.0 Å². The fourth-order valence-corrected chi connectivity index (χ4v) is 5.68. The van der Waals surface area contributed by atoms with E-state index in [1.165, 1.54) is 15.6 Å². The average molecular weight is 530 g/mol. The number of nitrogens with one attached hydrogen (secondary N) is 1. The van der Waals surface area contributed by atoms with Crippen LogP contribution in [0.15, 0.2) is 41.5 Å². The number of carbonyl (C=O) groups excluding carboxylic acids is 1. The molecule has 0 aromatic heterocycles. The number of fused-ring (bicyclic) bond motifs is 1. The highest BCUT2D eigenvalue weighted by Crippen LogP contribution is 2.35. The first-order chi connectivity index (χ1) is 17.7. The Hall–Kier alpha value is -3.31. The van der Waals surface area contributed by atoms with Gasteiger partial charge in [-0.1, -0.05) is 19.1 Å². The zero-order valence-corrected chi connectivity index (χ0v) is 22.8. The van der Waals surface area contributed by atoms with Gasteiger partial charge in [-0.2, -0.15) is 9.41 Å². The average Bonchev–Trinajstić information content (AvgIpc) is 3.07. The number of benzene rings is 2. The number of urea groups is 1. The number of hydrogen-bond acceptors (Lipinski definition) is 7. The highest BCUT2D eigenvalue weighted by atomic mass is 32.2. The quantitative estimate of drug-likeness (QED) is 0.617. The first-order valence-corrected chi connectivity index (χ1v) is 14.2. The van der Waals surface area contributed by atoms with Crippen LogP contribution in [0.3, 0.4) is 0 Å². The molecule has 11 heteroatoms. The summed E-state index contributed by atoms with van der Waals surface area (Å²) in [6.45, 7) is 4.20. The van der Waals surface area contributed by atoms with Crippen LogP contribution in [0.2, 0.25) is 0 Å². The van der Waals surface area contributed by atoms with Crippen LogP contribution >= 0.6 is 0 Å². The molecule has 37 heavy (non-hydrogen) atoms. The Labute approximate surface area is 218 Å². The molecule has 2 aliphatic rings. The van der Waals surface area contributed by atoms with E-state index in [4.69, 9.17) is 14.6 Å². The maximum absolute atomic E-state index is 12.8. The van der Waals surface area contributed by atoms with Crippen LogP contribution in [-0.2, 0) is 16.4 Å². The predicted molar refractivity (Wildman–Crippen MR) is 144 cm³/mol. The lowest BCUT2D eigenvalue weighted by Crippen LogP contribution is -2.48. The number of sulfonamides is 1. The Kier molecular flexibility index (Phi) is 7.93. The molecule has 0 radical (unpaired) electrons. The Morgan fingerprint density at radius 3 is 2.22 bits per heavy atom. The Balaban J connectivity index is 1.73. The standard InChI is InChI=1S/C26H35N5O5S/c1-6-20-15-19-16-23(35-3)24(36-4)17-22(19)25(28-31(20)26(32)27-2)18-7-9-21(10-8-18)29-11-13-30(14-12-29)37(5,33)34/h7-10,16-17,20H,6,11-15H2,1-5H3,(H,27,32). The van der Waals surface area contributed by atoms with Gasteiger partial charge in [0.25, 0.3) is 0 Å². The number of amides is 2. The van der Waals surface area contributed by atoms with E-state index in [1.54, 1.807) is 21.3 Å². The van der Waals surface area contributed by atoms with Crippen molar-refractivity contribution in [3.8, 4) is 11.5 Å². The lowest BCUT2D eigenvalue weighted by molar-refractivity contribution is 0.177. The number of piperazine rings is 1. The summed E-state index contributed by atoms with van der Waals surface area (Å²) in [4.78, 5) is 15.0. The van der Waals surface area contributed by atoms with Gasteiger partial charge in [0.2, 0.25) is 10.0 Å². The highest BCUT2D eigenvalue weighted by molar-refractivity contribution is 7.88. The molecule has 2 aliphatic heterocycles. The van der Waals surface area contributed by atoms with Crippen molar-refractivity contribution in [3.63, 3.8) is 0 Å². The van der Waals surface area contributed by atoms with Crippen LogP contribution in [0.5, 0.6) is 11.5 Å². The molecule has 10 nitrogen and oxygen atoms in total. The van der Waals surface area contributed by atoms with Crippen molar-refractivity contribution in [2.45, 2.75) is 25.8 Å². The SMILES string of the molecule is CCC1Cc2cc(OC)c(OC)cc2C(c2ccc(N3CCN(S(C)(=O)=O)CC3)cc2)=NN1C(=O)NC. The molecular formula is C26H35N5O5S. The monoisotopic (exact) mass is 529 g/mol. The number of hydrogen-bond donors (Lipinski definition) is 1. The fourth-order valence-electron chi connectivity index (χ4n) is 4.86. The van der Waals surface area contributed by atoms with Crippen molar-refractivity contribution in [1.29, 1.82) is 0 Å². The van der Waals surface area contributed by atoms with Crippen LogP contribution in [-0.4, -0.2) is 89.2 Å². The van der Waals surface area contributed by atoms with Crippen LogP contribution < -0.4 is 19.7 Å². The molecule has 1 atom stereocenters. The van der Waals surface area contributed by atoms with Gasteiger partial charge in [-0.15, -0.1) is 0 Å². The second-order valence-corrected chi connectivity index (χ2v) is 11.2. The smallest absolute Gasteiger partial charge is 0.337 e. The first-order valence-electron chi connectivity index (χ1n) is 12.4. The summed E-state index contributed by atoms with van der Waals surface area (Å²) in [5, 5.41) is 9.12. The number of ether oxygens (including phenoxy) is 2. The van der Waals surface area contributed by atoms with Crippen molar-refractivity contribution in [2.75, 3.05) is 58.6 Å². The first kappa shape index (κ1) is 26.7. The minimum atomic E-state index is -3.18. The van der Waals surface area contributed by atoms with Gasteiger partial charge in [0.1, 0.15) is 0 Å². The van der Waals surface area contributed by atoms with E-state index in [9.17, 15) is 13.2 Å². The third kappa shape index (κ3) is 5.52. The van der Waals surface area contributed by atoms with Crippen LogP contribution in [0, 0.1) is 0 Å². The van der Waals surface area contributed by atoms with E-state index < -0.39 is 10.0 Å². The summed E-state index contributed by atoms with van der Waals surface area (Å²) in [5.74, 6) is 1.23. The van der Waals surface area contributed by atoms with Gasteiger partial charge in [0, 0.05) is 50.0 Å². The molecule has 2 aromatic rings. The fraction of sp³-hybridized carbons (Fsp3) is 0.462. The van der Waals surface area contributed by atoms with E-state index in [0.717, 1.165) is 28.8 Å². The van der Waals surface area contributed by atoms with Crippen LogP contribution in [0.25, 0.3) is 0 Å². The number of nitrogens with zero attached hydrogens (tertiary/aromatic N) is 4. The lowest BCUT2D eigenvalue weighted by Gasteiger charge is -2.34. The zero-order chi connectivity index (χ0) is 26.7. The Bertz CT molecular complexity index is 1270. The van der Waals surface area contributed by atoms with Crippen molar-refractivity contribution >= 4 is 27.5 Å². The number of carbonyl (C=O) groups is 1. The van der Waals surface area contributed by atoms with Gasteiger partial charge in [-0.3, -0.25) is 0 Å². The normalized spacial score (nSPS) is 18.5. The molecule has 2 amide bonds. The molecular weight excluding hydrogens is 494 g/mol. The molecule has 0 saturated carbocycles. The molecule has 0 bridgehead atoms. The number of anilines is 1. The van der Waals surface area contributed by atoms with Gasteiger partial charge < -0.3 is 19.7 Å². The summed E-state index contributed by atoms with van der Waals surface area (Å²) in [7, 11) is 1.63. The van der Waals surface area contributed by atoms with E-state index in [0.29, 0.717) is 49.8 Å². The zero-order valence-electron chi connectivity index (χ0n) is 22.0. The molecule has 1 saturated heterocycles. The molecule has 200 valence electrons. The molecule has 1 unspecified atom stereocenters. The molecule has 0 aliphatic carbocycles. The van der Waals surface area contributed by atoms with Crippen LogP contribution in [0.4, 0.5) is 10.5 Å². The largest absolute Gasteiger partial charge is 0.493 e. The molecule has 0 spiro atoms. The minimum absolute atomic E-state index is 0.125. The van der Waals surface area contributed by atoms with Crippen molar-refractivity contribution in [3.05, 3.63) is 53.1 Å². The molecule has 1 fully saturated rings. The highest BCUT2D eigenvalue weighted by Gasteiger charge is 2.30. The van der Waals surface area contributed by atoms with Crippen molar-refractivity contribution in [1.82, 2.24) is 14.6 Å². The van der Waals surface area contributed by atoms with Crippen molar-refractivity contribution < 1.29 is 22.7 Å². The summed E-state index contributed by atoms with van der Waals surface area (Å²) in [6.07, 6.45) is 2.60. The van der Waals surface area contributed by atoms with E-state index in [1.807, 2.05) is 43.3 Å². The second-order valence-electron chi connectivity index (χ2n) is 9.17. The summed E-state index contributed by atoms with van der Waals surface area (Å²) in [6, 6.07) is 11.5. The third-order valence-corrected chi connectivity index (χ3v) is 8.28. The third-order valence-electron chi connectivity index (χ3n) is 6.98. The molecule has 4 rings (SSSR count). The van der Waals surface area contributed by atoms with Gasteiger partial charge in [0.15, 0.2) is 11.5 Å². The molecule has 2 aromatic carbocycles. The predicted octanol–water partition coefficient (Wildman–Crippen LogP) is 2.51. The number of hydrazone groups is 1. The summed E-state index contributed by atoms with van der Waals surface area (Å²) >= 11 is 0.